The van der Waals surface area contributed by atoms with E-state index in [0.29, 0.717) is 11.8 Å². The van der Waals surface area contributed by atoms with Crippen LogP contribution >= 0.6 is 0 Å². The SMILES string of the molecule is CC1(C)c2cc(-c3c4cccc(C5=Cc6oc7c(c6CC5)CCC=C7)c4cc4c(-c5ccc6c(c5)oc5ccccc56)cccc34)ccc2C2CCC=CC21. The zero-order valence-electron chi connectivity index (χ0n) is 31.4. The molecule has 0 amide bonds. The average molecular weight is 711 g/mol. The van der Waals surface area contributed by atoms with E-state index in [2.05, 4.69) is 141 Å². The van der Waals surface area contributed by atoms with Crippen molar-refractivity contribution in [2.24, 2.45) is 5.92 Å². The number of allylic oxidation sites excluding steroid dienone is 4. The highest BCUT2D eigenvalue weighted by Crippen LogP contribution is 2.56. The van der Waals surface area contributed by atoms with Gasteiger partial charge in [0.05, 0.1) is 0 Å². The highest BCUT2D eigenvalue weighted by molar-refractivity contribution is 6.19. The highest BCUT2D eigenvalue weighted by Gasteiger charge is 2.45. The molecule has 2 heterocycles. The van der Waals surface area contributed by atoms with Crippen molar-refractivity contribution >= 4 is 61.2 Å². The van der Waals surface area contributed by atoms with Crippen molar-refractivity contribution in [3.8, 4) is 22.3 Å². The Labute approximate surface area is 321 Å². The number of rotatable bonds is 3. The number of furan rings is 2. The Bertz CT molecular complexity index is 3030. The predicted molar refractivity (Wildman–Crippen MR) is 229 cm³/mol. The molecular weight excluding hydrogens is 669 g/mol. The lowest BCUT2D eigenvalue weighted by Crippen LogP contribution is -2.25. The van der Waals surface area contributed by atoms with Crippen molar-refractivity contribution in [2.75, 3.05) is 0 Å². The standard InChI is InChI=1S/C53H42O2/c1-53(2)46-18-6-3-11-36(46)37-24-23-33(27-47(37)53)52-42-16-9-14-34(31-21-25-40-38-12-4-7-19-48(38)54-50(40)28-31)44(42)30-45-35(15-10-17-43(45)52)32-22-26-41-39-13-5-8-20-49(39)55-51(41)29-32/h4,6-10,12,14-21,23-25,27-30,36,46H,3,5,11,13,22,26H2,1-2H3. The van der Waals surface area contributed by atoms with Gasteiger partial charge in [0, 0.05) is 21.9 Å². The zero-order chi connectivity index (χ0) is 36.4. The van der Waals surface area contributed by atoms with Crippen molar-refractivity contribution < 1.29 is 8.83 Å². The molecule has 0 aliphatic heterocycles. The molecule has 4 aliphatic carbocycles. The van der Waals surface area contributed by atoms with Crippen LogP contribution in [0.15, 0.2) is 130 Å². The molecule has 0 saturated heterocycles. The van der Waals surface area contributed by atoms with Gasteiger partial charge in [-0.25, -0.2) is 0 Å². The lowest BCUT2D eigenvalue weighted by Gasteiger charge is -2.31. The van der Waals surface area contributed by atoms with Gasteiger partial charge >= 0.3 is 0 Å². The van der Waals surface area contributed by atoms with E-state index >= 15 is 0 Å². The van der Waals surface area contributed by atoms with Gasteiger partial charge in [0.1, 0.15) is 22.7 Å². The molecule has 8 aromatic rings. The maximum Gasteiger partial charge on any atom is 0.136 e. The first-order valence-corrected chi connectivity index (χ1v) is 20.2. The first-order chi connectivity index (χ1) is 27.0. The molecule has 55 heavy (non-hydrogen) atoms. The van der Waals surface area contributed by atoms with Crippen LogP contribution in [0.3, 0.4) is 0 Å². The summed E-state index contributed by atoms with van der Waals surface area (Å²) in [7, 11) is 0. The normalized spacial score (nSPS) is 19.5. The second-order valence-corrected chi connectivity index (χ2v) is 16.9. The summed E-state index contributed by atoms with van der Waals surface area (Å²) in [6, 6.07) is 38.9. The fraction of sp³-hybridized carbons (Fsp3) is 0.208. The van der Waals surface area contributed by atoms with E-state index in [1.54, 1.807) is 5.56 Å². The van der Waals surface area contributed by atoms with Crippen LogP contribution in [0.2, 0.25) is 0 Å². The fourth-order valence-electron chi connectivity index (χ4n) is 11.1. The minimum atomic E-state index is 0.0770. The first kappa shape index (κ1) is 31.5. The Balaban J connectivity index is 1.11. The van der Waals surface area contributed by atoms with E-state index in [4.69, 9.17) is 8.83 Å². The number of hydrogen-bond acceptors (Lipinski definition) is 2. The average Bonchev–Trinajstić information content (AvgIpc) is 3.86. The molecule has 2 atom stereocenters. The van der Waals surface area contributed by atoms with Gasteiger partial charge in [0.2, 0.25) is 0 Å². The van der Waals surface area contributed by atoms with Crippen molar-refractivity contribution in [1.82, 2.24) is 0 Å². The van der Waals surface area contributed by atoms with Crippen LogP contribution in [0.1, 0.15) is 84.8 Å². The third-order valence-corrected chi connectivity index (χ3v) is 13.7. The molecule has 0 radical (unpaired) electrons. The van der Waals surface area contributed by atoms with Crippen LogP contribution in [0.5, 0.6) is 0 Å². The van der Waals surface area contributed by atoms with Crippen LogP contribution in [0.25, 0.3) is 83.5 Å². The summed E-state index contributed by atoms with van der Waals surface area (Å²) in [6.45, 7) is 4.93. The Morgan fingerprint density at radius 2 is 1.36 bits per heavy atom. The number of para-hydroxylation sites is 1. The largest absolute Gasteiger partial charge is 0.457 e. The second-order valence-electron chi connectivity index (χ2n) is 16.9. The maximum absolute atomic E-state index is 6.51. The molecule has 12 rings (SSSR count). The summed E-state index contributed by atoms with van der Waals surface area (Å²) in [5.41, 5.74) is 15.5. The fourth-order valence-corrected chi connectivity index (χ4v) is 11.1. The molecule has 0 spiro atoms. The molecule has 0 bridgehead atoms. The summed E-state index contributed by atoms with van der Waals surface area (Å²) >= 11 is 0. The van der Waals surface area contributed by atoms with Gasteiger partial charge in [-0.2, -0.15) is 0 Å². The summed E-state index contributed by atoms with van der Waals surface area (Å²) < 4.78 is 12.9. The topological polar surface area (TPSA) is 26.3 Å². The molecule has 4 aliphatic rings. The lowest BCUT2D eigenvalue weighted by atomic mass is 9.73. The number of hydrogen-bond donors (Lipinski definition) is 0. The summed E-state index contributed by atoms with van der Waals surface area (Å²) in [5, 5.41) is 7.46. The lowest BCUT2D eigenvalue weighted by molar-refractivity contribution is 0.347. The smallest absolute Gasteiger partial charge is 0.136 e. The Morgan fingerprint density at radius 1 is 0.582 bits per heavy atom. The van der Waals surface area contributed by atoms with Crippen molar-refractivity contribution in [1.29, 1.82) is 0 Å². The summed E-state index contributed by atoms with van der Waals surface area (Å²) in [4.78, 5) is 0. The Kier molecular flexibility index (Phi) is 6.63. The third kappa shape index (κ3) is 4.55. The molecule has 2 heteroatoms. The van der Waals surface area contributed by atoms with Crippen molar-refractivity contribution in [2.45, 2.75) is 63.7 Å². The van der Waals surface area contributed by atoms with E-state index in [1.807, 2.05) is 6.07 Å². The van der Waals surface area contributed by atoms with Gasteiger partial charge in [-0.05, 0) is 158 Å². The molecule has 0 N–H and O–H groups in total. The molecule has 2 aromatic heterocycles. The molecule has 6 aromatic carbocycles. The number of fused-ring (bicyclic) bond motifs is 11. The van der Waals surface area contributed by atoms with Crippen LogP contribution in [-0.4, -0.2) is 0 Å². The molecule has 0 fully saturated rings. The molecule has 2 unspecified atom stereocenters. The second kappa shape index (κ2) is 11.6. The van der Waals surface area contributed by atoms with E-state index in [0.717, 1.165) is 59.1 Å². The van der Waals surface area contributed by atoms with Crippen molar-refractivity contribution in [3.05, 3.63) is 161 Å². The highest BCUT2D eigenvalue weighted by atomic mass is 16.3. The van der Waals surface area contributed by atoms with Crippen LogP contribution in [0.4, 0.5) is 0 Å². The summed E-state index contributed by atoms with van der Waals surface area (Å²) in [5.74, 6) is 3.26. The van der Waals surface area contributed by atoms with E-state index in [1.165, 1.54) is 84.5 Å². The van der Waals surface area contributed by atoms with Crippen LogP contribution < -0.4 is 0 Å². The van der Waals surface area contributed by atoms with E-state index in [9.17, 15) is 0 Å². The predicted octanol–water partition coefficient (Wildman–Crippen LogP) is 14.6. The Hall–Kier alpha value is -5.86. The van der Waals surface area contributed by atoms with E-state index in [-0.39, 0.29) is 5.41 Å². The van der Waals surface area contributed by atoms with E-state index < -0.39 is 0 Å². The van der Waals surface area contributed by atoms with Crippen molar-refractivity contribution in [3.63, 3.8) is 0 Å². The van der Waals surface area contributed by atoms with Crippen LogP contribution in [0, 0.1) is 5.92 Å². The van der Waals surface area contributed by atoms with Gasteiger partial charge in [-0.3, -0.25) is 0 Å². The third-order valence-electron chi connectivity index (χ3n) is 13.7. The van der Waals surface area contributed by atoms with Gasteiger partial charge in [-0.1, -0.05) is 111 Å². The monoisotopic (exact) mass is 710 g/mol. The van der Waals surface area contributed by atoms with Gasteiger partial charge in [0.25, 0.3) is 0 Å². The first-order valence-electron chi connectivity index (χ1n) is 20.2. The maximum atomic E-state index is 6.51. The molecule has 0 saturated carbocycles. The van der Waals surface area contributed by atoms with Crippen LogP contribution in [-0.2, 0) is 18.3 Å². The van der Waals surface area contributed by atoms with Gasteiger partial charge in [0.15, 0.2) is 0 Å². The van der Waals surface area contributed by atoms with Gasteiger partial charge < -0.3 is 8.83 Å². The Morgan fingerprint density at radius 3 is 2.27 bits per heavy atom. The van der Waals surface area contributed by atoms with Gasteiger partial charge in [-0.15, -0.1) is 0 Å². The summed E-state index contributed by atoms with van der Waals surface area (Å²) in [6.07, 6.45) is 18.3. The molecule has 266 valence electrons. The number of benzene rings is 6. The minimum Gasteiger partial charge on any atom is -0.457 e. The minimum absolute atomic E-state index is 0.0770. The molecular formula is C53H42O2. The zero-order valence-corrected chi connectivity index (χ0v) is 31.4. The molecule has 2 nitrogen and oxygen atoms in total. The quantitative estimate of drug-likeness (QED) is 0.135.